The molecular weight excluding hydrogens is 413 g/mol. The van der Waals surface area contributed by atoms with Crippen molar-refractivity contribution in [3.8, 4) is 11.5 Å². The van der Waals surface area contributed by atoms with Gasteiger partial charge in [0.1, 0.15) is 11.5 Å². The highest BCUT2D eigenvalue weighted by atomic mass is 19.4. The number of piperazine rings is 1. The predicted octanol–water partition coefficient (Wildman–Crippen LogP) is 3.61. The predicted molar refractivity (Wildman–Crippen MR) is 110 cm³/mol. The van der Waals surface area contributed by atoms with Gasteiger partial charge in [0.25, 0.3) is 0 Å². The van der Waals surface area contributed by atoms with Crippen molar-refractivity contribution in [3.05, 3.63) is 60.2 Å². The van der Waals surface area contributed by atoms with Gasteiger partial charge in [-0.15, -0.1) is 0 Å². The maximum absolute atomic E-state index is 10.6. The lowest BCUT2D eigenvalue weighted by molar-refractivity contribution is -0.192. The van der Waals surface area contributed by atoms with Gasteiger partial charge in [0, 0.05) is 38.8 Å². The molecule has 9 heteroatoms. The van der Waals surface area contributed by atoms with Crippen LogP contribution < -0.4 is 4.74 Å². The lowest BCUT2D eigenvalue weighted by atomic mass is 10.1. The molecule has 0 radical (unpaired) electrons. The van der Waals surface area contributed by atoms with E-state index in [4.69, 9.17) is 14.6 Å². The summed E-state index contributed by atoms with van der Waals surface area (Å²) in [6.07, 6.45) is -4.25. The first kappa shape index (κ1) is 24.6. The van der Waals surface area contributed by atoms with Crippen molar-refractivity contribution < 1.29 is 32.9 Å². The van der Waals surface area contributed by atoms with Gasteiger partial charge < -0.3 is 19.8 Å². The average molecular weight is 440 g/mol. The zero-order valence-corrected chi connectivity index (χ0v) is 17.3. The summed E-state index contributed by atoms with van der Waals surface area (Å²) in [5.41, 5.74) is 1.26. The smallest absolute Gasteiger partial charge is 0.475 e. The normalized spacial score (nSPS) is 17.5. The molecule has 1 heterocycles. The van der Waals surface area contributed by atoms with Crippen molar-refractivity contribution in [2.24, 2.45) is 0 Å². The summed E-state index contributed by atoms with van der Waals surface area (Å²) in [7, 11) is 2.14. The zero-order valence-electron chi connectivity index (χ0n) is 17.3. The molecule has 2 aromatic rings. The van der Waals surface area contributed by atoms with Crippen molar-refractivity contribution in [1.29, 1.82) is 0 Å². The van der Waals surface area contributed by atoms with Crippen molar-refractivity contribution in [3.63, 3.8) is 0 Å². The largest absolute Gasteiger partial charge is 0.490 e. The Morgan fingerprint density at radius 3 is 2.35 bits per heavy atom. The fourth-order valence-electron chi connectivity index (χ4n) is 3.20. The molecule has 1 unspecified atom stereocenters. The van der Waals surface area contributed by atoms with Crippen LogP contribution in [0.25, 0.3) is 0 Å². The topological polar surface area (TPSA) is 73.2 Å². The Hall–Kier alpha value is -2.62. The fraction of sp³-hybridized carbons (Fsp3) is 0.409. The first-order valence-electron chi connectivity index (χ1n) is 9.84. The number of alkyl halides is 3. The molecule has 1 aliphatic rings. The Morgan fingerprint density at radius 2 is 1.74 bits per heavy atom. The highest BCUT2D eigenvalue weighted by Gasteiger charge is 2.38. The van der Waals surface area contributed by atoms with Crippen molar-refractivity contribution >= 4 is 5.97 Å². The van der Waals surface area contributed by atoms with E-state index in [1.54, 1.807) is 0 Å². The van der Waals surface area contributed by atoms with Gasteiger partial charge in [0.2, 0.25) is 0 Å². The third-order valence-corrected chi connectivity index (χ3v) is 4.85. The molecule has 0 aliphatic carbocycles. The first-order valence-corrected chi connectivity index (χ1v) is 9.84. The van der Waals surface area contributed by atoms with Crippen LogP contribution >= 0.6 is 0 Å². The number of aliphatic carboxylic acids is 1. The quantitative estimate of drug-likeness (QED) is 0.715. The lowest BCUT2D eigenvalue weighted by Gasteiger charge is -2.39. The van der Waals surface area contributed by atoms with Gasteiger partial charge in [0.15, 0.2) is 0 Å². The van der Waals surface area contributed by atoms with Crippen LogP contribution in [0.5, 0.6) is 11.5 Å². The van der Waals surface area contributed by atoms with Crippen LogP contribution in [0.3, 0.4) is 0 Å². The van der Waals surface area contributed by atoms with Gasteiger partial charge in [0.05, 0.1) is 0 Å². The number of aliphatic hydroxyl groups is 1. The third kappa shape index (κ3) is 8.56. The summed E-state index contributed by atoms with van der Waals surface area (Å²) in [5.74, 6) is -1.02. The number of para-hydroxylation sites is 1. The molecule has 0 amide bonds. The number of carboxylic acids is 1. The Bertz CT molecular complexity index is 818. The summed E-state index contributed by atoms with van der Waals surface area (Å²) in [4.78, 5) is 13.7. The van der Waals surface area contributed by atoms with Crippen molar-refractivity contribution in [2.75, 3.05) is 33.3 Å². The molecule has 0 aromatic heterocycles. The van der Waals surface area contributed by atoms with Gasteiger partial charge in [-0.25, -0.2) is 4.79 Å². The van der Waals surface area contributed by atoms with Crippen LogP contribution in [0.15, 0.2) is 54.6 Å². The van der Waals surface area contributed by atoms with E-state index in [0.717, 1.165) is 44.1 Å². The SMILES string of the molecule is CN1CCN(Cc2cccc(Oc3ccccc3)c2)CC1CCO.O=C(O)C(F)(F)F. The highest BCUT2D eigenvalue weighted by molar-refractivity contribution is 5.73. The highest BCUT2D eigenvalue weighted by Crippen LogP contribution is 2.23. The number of aliphatic hydroxyl groups excluding tert-OH is 1. The lowest BCUT2D eigenvalue weighted by Crippen LogP contribution is -2.51. The number of carbonyl (C=O) groups is 1. The minimum atomic E-state index is -5.08. The Morgan fingerprint density at radius 1 is 1.10 bits per heavy atom. The molecule has 0 spiro atoms. The zero-order chi connectivity index (χ0) is 22.9. The number of nitrogens with zero attached hydrogens (tertiary/aromatic N) is 2. The van der Waals surface area contributed by atoms with E-state index in [1.807, 2.05) is 36.4 Å². The molecule has 3 rings (SSSR count). The standard InChI is InChI=1S/C20H26N2O2.C2HF3O2/c1-21-11-12-22(16-18(21)10-13-23)15-17-6-5-9-20(14-17)24-19-7-3-2-4-8-19;3-2(4,5)1(6)7/h2-9,14,18,23H,10-13,15-16H2,1H3;(H,6,7). The van der Waals surface area contributed by atoms with E-state index in [-0.39, 0.29) is 6.61 Å². The second-order valence-corrected chi connectivity index (χ2v) is 7.25. The molecule has 1 aliphatic heterocycles. The monoisotopic (exact) mass is 440 g/mol. The summed E-state index contributed by atoms with van der Waals surface area (Å²) in [6.45, 7) is 4.28. The van der Waals surface area contributed by atoms with Crippen LogP contribution in [0.2, 0.25) is 0 Å². The summed E-state index contributed by atoms with van der Waals surface area (Å²) in [6, 6.07) is 18.6. The molecule has 6 nitrogen and oxygen atoms in total. The van der Waals surface area contributed by atoms with Crippen molar-refractivity contribution in [1.82, 2.24) is 9.80 Å². The number of carboxylic acid groups (broad SMARTS) is 1. The maximum atomic E-state index is 10.6. The van der Waals surface area contributed by atoms with Crippen LogP contribution in [0.1, 0.15) is 12.0 Å². The Labute approximate surface area is 179 Å². The minimum Gasteiger partial charge on any atom is -0.475 e. The maximum Gasteiger partial charge on any atom is 0.490 e. The average Bonchev–Trinajstić information content (AvgIpc) is 2.71. The number of ether oxygens (including phenoxy) is 1. The molecule has 170 valence electrons. The molecule has 0 bridgehead atoms. The van der Waals surface area contributed by atoms with Crippen LogP contribution in [-0.4, -0.2) is 71.5 Å². The van der Waals surface area contributed by atoms with E-state index in [0.29, 0.717) is 6.04 Å². The number of rotatable bonds is 6. The summed E-state index contributed by atoms with van der Waals surface area (Å²) in [5, 5.41) is 16.4. The van der Waals surface area contributed by atoms with Gasteiger partial charge in [-0.1, -0.05) is 30.3 Å². The van der Waals surface area contributed by atoms with Gasteiger partial charge in [-0.05, 0) is 43.3 Å². The number of hydrogen-bond donors (Lipinski definition) is 2. The number of benzene rings is 2. The number of hydrogen-bond acceptors (Lipinski definition) is 5. The van der Waals surface area contributed by atoms with E-state index in [9.17, 15) is 18.3 Å². The molecule has 1 saturated heterocycles. The second kappa shape index (κ2) is 11.7. The van der Waals surface area contributed by atoms with Crippen molar-refractivity contribution in [2.45, 2.75) is 25.2 Å². The molecule has 31 heavy (non-hydrogen) atoms. The minimum absolute atomic E-state index is 0.253. The van der Waals surface area contributed by atoms with E-state index in [2.05, 4.69) is 35.0 Å². The Kier molecular flexibility index (Phi) is 9.29. The van der Waals surface area contributed by atoms with Crippen LogP contribution in [-0.2, 0) is 11.3 Å². The third-order valence-electron chi connectivity index (χ3n) is 4.85. The Balaban J connectivity index is 0.000000423. The molecular formula is C22H27F3N2O4. The first-order chi connectivity index (χ1) is 14.7. The van der Waals surface area contributed by atoms with Crippen LogP contribution in [0, 0.1) is 0 Å². The molecule has 1 fully saturated rings. The summed E-state index contributed by atoms with van der Waals surface area (Å²) >= 11 is 0. The van der Waals surface area contributed by atoms with Crippen LogP contribution in [0.4, 0.5) is 13.2 Å². The molecule has 1 atom stereocenters. The number of likely N-dealkylation sites (N-methyl/N-ethyl adjacent to an activating group) is 1. The van der Waals surface area contributed by atoms with Gasteiger partial charge in [-0.2, -0.15) is 13.2 Å². The van der Waals surface area contributed by atoms with E-state index < -0.39 is 12.1 Å². The molecule has 2 aromatic carbocycles. The van der Waals surface area contributed by atoms with E-state index in [1.165, 1.54) is 5.56 Å². The summed E-state index contributed by atoms with van der Waals surface area (Å²) < 4.78 is 37.7. The van der Waals surface area contributed by atoms with Gasteiger partial charge in [-0.3, -0.25) is 4.90 Å². The van der Waals surface area contributed by atoms with Gasteiger partial charge >= 0.3 is 12.1 Å². The van der Waals surface area contributed by atoms with E-state index >= 15 is 0 Å². The molecule has 0 saturated carbocycles. The second-order valence-electron chi connectivity index (χ2n) is 7.25. The number of halogens is 3. The fourth-order valence-corrected chi connectivity index (χ4v) is 3.20. The molecule has 2 N–H and O–H groups in total.